The maximum Gasteiger partial charge on any atom is 0.141 e. The molecule has 4 rings (SSSR count). The molecule has 0 atom stereocenters. The molecule has 0 aliphatic heterocycles. The Morgan fingerprint density at radius 3 is 2.71 bits per heavy atom. The van der Waals surface area contributed by atoms with Crippen LogP contribution in [0.1, 0.15) is 22.8 Å². The average molecular weight is 371 g/mol. The van der Waals surface area contributed by atoms with Crippen molar-refractivity contribution in [2.24, 2.45) is 0 Å². The first-order valence-corrected chi connectivity index (χ1v) is 9.16. The minimum Gasteiger partial charge on any atom is -0.489 e. The summed E-state index contributed by atoms with van der Waals surface area (Å²) in [6, 6.07) is 14.1. The van der Waals surface area contributed by atoms with Crippen molar-refractivity contribution in [1.82, 2.24) is 15.1 Å². The minimum atomic E-state index is 0.412. The molecule has 0 saturated heterocycles. The summed E-state index contributed by atoms with van der Waals surface area (Å²) < 4.78 is 11.3. The number of aromatic nitrogens is 3. The number of ether oxygens (including phenoxy) is 1. The van der Waals surface area contributed by atoms with E-state index in [-0.39, 0.29) is 0 Å². The Labute approximate surface area is 163 Å². The van der Waals surface area contributed by atoms with Gasteiger partial charge in [0.05, 0.1) is 16.8 Å². The number of fused-ring (bicyclic) bond motifs is 1. The van der Waals surface area contributed by atoms with Crippen LogP contribution in [0.4, 0.5) is 0 Å². The Kier molecular flexibility index (Phi) is 4.89. The van der Waals surface area contributed by atoms with Crippen LogP contribution in [-0.2, 0) is 6.42 Å². The van der Waals surface area contributed by atoms with Crippen LogP contribution >= 0.6 is 0 Å². The lowest BCUT2D eigenvalue weighted by Crippen LogP contribution is -1.99. The number of pyridine rings is 2. The number of hydrogen-bond acceptors (Lipinski definition) is 5. The van der Waals surface area contributed by atoms with E-state index in [4.69, 9.17) is 14.2 Å². The molecule has 1 aromatic carbocycles. The molecular weight excluding hydrogens is 350 g/mol. The largest absolute Gasteiger partial charge is 0.489 e. The SMILES string of the molecule is C=CCOc1cc2nc(Cc3ccccn3)ccc2cc1-c1c(C)noc1C. The highest BCUT2D eigenvalue weighted by molar-refractivity contribution is 5.89. The molecule has 0 unspecified atom stereocenters. The van der Waals surface area contributed by atoms with Crippen LogP contribution in [0.3, 0.4) is 0 Å². The van der Waals surface area contributed by atoms with Crippen LogP contribution in [0.25, 0.3) is 22.0 Å². The van der Waals surface area contributed by atoms with Gasteiger partial charge in [-0.3, -0.25) is 9.97 Å². The van der Waals surface area contributed by atoms with Gasteiger partial charge in [0.2, 0.25) is 0 Å². The van der Waals surface area contributed by atoms with Gasteiger partial charge in [-0.2, -0.15) is 0 Å². The Morgan fingerprint density at radius 1 is 1.11 bits per heavy atom. The molecule has 0 aliphatic rings. The van der Waals surface area contributed by atoms with Crippen LogP contribution < -0.4 is 4.74 Å². The average Bonchev–Trinajstić information content (AvgIpc) is 3.04. The van der Waals surface area contributed by atoms with E-state index in [1.807, 2.05) is 44.2 Å². The fourth-order valence-electron chi connectivity index (χ4n) is 3.31. The molecule has 0 spiro atoms. The van der Waals surface area contributed by atoms with Crippen molar-refractivity contribution in [3.05, 3.63) is 84.2 Å². The fourth-order valence-corrected chi connectivity index (χ4v) is 3.31. The summed E-state index contributed by atoms with van der Waals surface area (Å²) in [6.07, 6.45) is 4.21. The number of aryl methyl sites for hydroxylation is 2. The number of rotatable bonds is 6. The Balaban J connectivity index is 1.80. The lowest BCUT2D eigenvalue weighted by Gasteiger charge is -2.12. The molecule has 0 fully saturated rings. The molecule has 5 nitrogen and oxygen atoms in total. The lowest BCUT2D eigenvalue weighted by atomic mass is 10.00. The molecule has 0 N–H and O–H groups in total. The van der Waals surface area contributed by atoms with Crippen LogP contribution in [-0.4, -0.2) is 21.7 Å². The third kappa shape index (κ3) is 3.51. The number of hydrogen-bond donors (Lipinski definition) is 0. The first kappa shape index (κ1) is 17.9. The van der Waals surface area contributed by atoms with E-state index in [1.165, 1.54) is 0 Å². The third-order valence-electron chi connectivity index (χ3n) is 4.60. The standard InChI is InChI=1S/C23H21N3O2/c1-4-11-27-22-14-21-17(12-20(22)23-15(2)26-28-16(23)3)8-9-19(25-21)13-18-7-5-6-10-24-18/h4-10,12,14H,1,11,13H2,2-3H3. The summed E-state index contributed by atoms with van der Waals surface area (Å²) in [4.78, 5) is 9.21. The highest BCUT2D eigenvalue weighted by atomic mass is 16.5. The summed E-state index contributed by atoms with van der Waals surface area (Å²) in [7, 11) is 0. The van der Waals surface area contributed by atoms with Gasteiger partial charge < -0.3 is 9.26 Å². The Bertz CT molecular complexity index is 1110. The van der Waals surface area contributed by atoms with E-state index in [0.717, 1.165) is 50.6 Å². The minimum absolute atomic E-state index is 0.412. The smallest absolute Gasteiger partial charge is 0.141 e. The van der Waals surface area contributed by atoms with Gasteiger partial charge in [-0.15, -0.1) is 0 Å². The zero-order valence-electron chi connectivity index (χ0n) is 16.0. The molecule has 3 aromatic heterocycles. The van der Waals surface area contributed by atoms with E-state index >= 15 is 0 Å². The molecule has 4 aromatic rings. The van der Waals surface area contributed by atoms with Gasteiger partial charge in [-0.1, -0.05) is 29.9 Å². The lowest BCUT2D eigenvalue weighted by molar-refractivity contribution is 0.365. The first-order valence-electron chi connectivity index (χ1n) is 9.16. The van der Waals surface area contributed by atoms with Crippen molar-refractivity contribution in [3.63, 3.8) is 0 Å². The molecule has 0 saturated carbocycles. The van der Waals surface area contributed by atoms with Crippen LogP contribution in [0.15, 0.2) is 65.8 Å². The van der Waals surface area contributed by atoms with E-state index in [9.17, 15) is 0 Å². The fraction of sp³-hybridized carbons (Fsp3) is 0.174. The second-order valence-corrected chi connectivity index (χ2v) is 6.64. The second-order valence-electron chi connectivity index (χ2n) is 6.64. The van der Waals surface area contributed by atoms with Crippen molar-refractivity contribution in [1.29, 1.82) is 0 Å². The molecular formula is C23H21N3O2. The Hall–Kier alpha value is -3.47. The van der Waals surface area contributed by atoms with Gasteiger partial charge in [-0.05, 0) is 38.1 Å². The summed E-state index contributed by atoms with van der Waals surface area (Å²) >= 11 is 0. The van der Waals surface area contributed by atoms with Crippen LogP contribution in [0.5, 0.6) is 5.75 Å². The topological polar surface area (TPSA) is 61.0 Å². The predicted octanol–water partition coefficient (Wildman–Crippen LogP) is 5.06. The van der Waals surface area contributed by atoms with Crippen molar-refractivity contribution in [2.75, 3.05) is 6.61 Å². The third-order valence-corrected chi connectivity index (χ3v) is 4.60. The van der Waals surface area contributed by atoms with Gasteiger partial charge >= 0.3 is 0 Å². The summed E-state index contributed by atoms with van der Waals surface area (Å²) in [6.45, 7) is 8.00. The highest BCUT2D eigenvalue weighted by Gasteiger charge is 2.17. The first-order chi connectivity index (χ1) is 13.7. The van der Waals surface area contributed by atoms with E-state index in [2.05, 4.69) is 28.9 Å². The zero-order valence-corrected chi connectivity index (χ0v) is 16.0. The monoisotopic (exact) mass is 371 g/mol. The van der Waals surface area contributed by atoms with Gasteiger partial charge in [0.15, 0.2) is 0 Å². The van der Waals surface area contributed by atoms with Gasteiger partial charge in [0, 0.05) is 41.0 Å². The number of benzene rings is 1. The molecule has 5 heteroatoms. The molecule has 28 heavy (non-hydrogen) atoms. The zero-order chi connectivity index (χ0) is 19.5. The second kappa shape index (κ2) is 7.64. The van der Waals surface area contributed by atoms with Gasteiger partial charge in [0.1, 0.15) is 18.1 Å². The predicted molar refractivity (Wildman–Crippen MR) is 109 cm³/mol. The van der Waals surface area contributed by atoms with Crippen molar-refractivity contribution >= 4 is 10.9 Å². The summed E-state index contributed by atoms with van der Waals surface area (Å²) in [5, 5.41) is 5.11. The summed E-state index contributed by atoms with van der Waals surface area (Å²) in [5.41, 5.74) is 5.57. The van der Waals surface area contributed by atoms with Crippen molar-refractivity contribution in [2.45, 2.75) is 20.3 Å². The molecule has 0 amide bonds. The normalized spacial score (nSPS) is 10.9. The van der Waals surface area contributed by atoms with Gasteiger partial charge in [0.25, 0.3) is 0 Å². The van der Waals surface area contributed by atoms with Crippen molar-refractivity contribution in [3.8, 4) is 16.9 Å². The molecule has 0 aliphatic carbocycles. The van der Waals surface area contributed by atoms with E-state index in [1.54, 1.807) is 12.3 Å². The Morgan fingerprint density at radius 2 is 2.00 bits per heavy atom. The van der Waals surface area contributed by atoms with Crippen LogP contribution in [0, 0.1) is 13.8 Å². The van der Waals surface area contributed by atoms with Crippen LogP contribution in [0.2, 0.25) is 0 Å². The molecule has 0 bridgehead atoms. The maximum absolute atomic E-state index is 5.95. The molecule has 3 heterocycles. The molecule has 140 valence electrons. The van der Waals surface area contributed by atoms with E-state index in [0.29, 0.717) is 13.0 Å². The maximum atomic E-state index is 5.95. The number of nitrogens with zero attached hydrogens (tertiary/aromatic N) is 3. The molecule has 0 radical (unpaired) electrons. The highest BCUT2D eigenvalue weighted by Crippen LogP contribution is 2.37. The van der Waals surface area contributed by atoms with Crippen molar-refractivity contribution < 1.29 is 9.26 Å². The van der Waals surface area contributed by atoms with Gasteiger partial charge in [-0.25, -0.2) is 0 Å². The quantitative estimate of drug-likeness (QED) is 0.444. The van der Waals surface area contributed by atoms with E-state index < -0.39 is 0 Å². The summed E-state index contributed by atoms with van der Waals surface area (Å²) in [5.74, 6) is 1.50.